The van der Waals surface area contributed by atoms with E-state index in [9.17, 15) is 0 Å². The zero-order valence-corrected chi connectivity index (χ0v) is 12.9. The number of aryl methyl sites for hydroxylation is 1. The van der Waals surface area contributed by atoms with Crippen molar-refractivity contribution in [1.29, 1.82) is 0 Å². The first-order valence-electron chi connectivity index (χ1n) is 7.71. The molecule has 23 heavy (non-hydrogen) atoms. The maximum Gasteiger partial charge on any atom is 0.0898 e. The van der Waals surface area contributed by atoms with Crippen LogP contribution in [-0.2, 0) is 0 Å². The van der Waals surface area contributed by atoms with Crippen molar-refractivity contribution in [3.63, 3.8) is 0 Å². The first-order chi connectivity index (χ1) is 11.3. The van der Waals surface area contributed by atoms with Gasteiger partial charge in [0.25, 0.3) is 0 Å². The Morgan fingerprint density at radius 3 is 2.35 bits per heavy atom. The van der Waals surface area contributed by atoms with Crippen LogP contribution in [0.3, 0.4) is 0 Å². The van der Waals surface area contributed by atoms with E-state index in [0.29, 0.717) is 0 Å². The lowest BCUT2D eigenvalue weighted by atomic mass is 9.95. The lowest BCUT2D eigenvalue weighted by Gasteiger charge is -2.11. The topological polar surface area (TPSA) is 24.7 Å². The summed E-state index contributed by atoms with van der Waals surface area (Å²) in [6.07, 6.45) is 8.44. The molecule has 0 radical (unpaired) electrons. The fraction of sp³-hybridized carbons (Fsp3) is 0.0476. The van der Waals surface area contributed by atoms with Gasteiger partial charge in [0.2, 0.25) is 0 Å². The Morgan fingerprint density at radius 1 is 0.739 bits per heavy atom. The van der Waals surface area contributed by atoms with Crippen molar-refractivity contribution in [2.24, 2.45) is 10.2 Å². The van der Waals surface area contributed by atoms with Gasteiger partial charge in [-0.05, 0) is 52.6 Å². The zero-order chi connectivity index (χ0) is 15.6. The third-order valence-electron chi connectivity index (χ3n) is 4.16. The fourth-order valence-electron chi connectivity index (χ4n) is 2.97. The molecule has 1 aliphatic carbocycles. The van der Waals surface area contributed by atoms with E-state index in [-0.39, 0.29) is 0 Å². The van der Waals surface area contributed by atoms with Crippen LogP contribution in [0.15, 0.2) is 77.0 Å². The Bertz CT molecular complexity index is 964. The van der Waals surface area contributed by atoms with Crippen LogP contribution in [0, 0.1) is 6.92 Å². The number of benzene rings is 3. The van der Waals surface area contributed by atoms with Crippen molar-refractivity contribution in [1.82, 2.24) is 0 Å². The van der Waals surface area contributed by atoms with Crippen LogP contribution in [0.25, 0.3) is 22.9 Å². The Labute approximate surface area is 135 Å². The highest BCUT2D eigenvalue weighted by Crippen LogP contribution is 2.36. The molecule has 0 fully saturated rings. The predicted molar refractivity (Wildman–Crippen MR) is 97.4 cm³/mol. The zero-order valence-electron chi connectivity index (χ0n) is 12.9. The molecular formula is C21H16N2. The molecule has 2 heteroatoms. The minimum atomic E-state index is 0.865. The van der Waals surface area contributed by atoms with Crippen molar-refractivity contribution in [3.05, 3.63) is 83.4 Å². The summed E-state index contributed by atoms with van der Waals surface area (Å²) in [6, 6.07) is 18.4. The molecule has 0 N–H and O–H groups in total. The van der Waals surface area contributed by atoms with Crippen molar-refractivity contribution < 1.29 is 0 Å². The first-order valence-corrected chi connectivity index (χ1v) is 7.71. The normalized spacial score (nSPS) is 12.9. The van der Waals surface area contributed by atoms with E-state index in [1.165, 1.54) is 21.9 Å². The van der Waals surface area contributed by atoms with Gasteiger partial charge in [-0.25, -0.2) is 0 Å². The Kier molecular flexibility index (Phi) is 3.35. The summed E-state index contributed by atoms with van der Waals surface area (Å²) in [5.74, 6) is 0. The van der Waals surface area contributed by atoms with Crippen LogP contribution in [0.1, 0.15) is 16.7 Å². The third kappa shape index (κ3) is 2.49. The van der Waals surface area contributed by atoms with E-state index in [0.717, 1.165) is 16.9 Å². The molecule has 0 aliphatic heterocycles. The highest BCUT2D eigenvalue weighted by atomic mass is 15.1. The van der Waals surface area contributed by atoms with E-state index in [4.69, 9.17) is 0 Å². The first kappa shape index (κ1) is 13.6. The molecule has 3 aromatic rings. The molecule has 0 saturated carbocycles. The molecule has 0 bridgehead atoms. The molecular weight excluding hydrogens is 280 g/mol. The van der Waals surface area contributed by atoms with Gasteiger partial charge in [0.1, 0.15) is 0 Å². The van der Waals surface area contributed by atoms with Crippen molar-refractivity contribution in [3.8, 4) is 0 Å². The summed E-state index contributed by atoms with van der Waals surface area (Å²) in [4.78, 5) is 0. The maximum absolute atomic E-state index is 4.49. The van der Waals surface area contributed by atoms with Crippen LogP contribution >= 0.6 is 0 Å². The van der Waals surface area contributed by atoms with E-state index >= 15 is 0 Å². The molecule has 110 valence electrons. The Hall–Kier alpha value is -3.00. The van der Waals surface area contributed by atoms with Gasteiger partial charge < -0.3 is 0 Å². The molecule has 0 saturated heterocycles. The second-order valence-corrected chi connectivity index (χ2v) is 5.63. The van der Waals surface area contributed by atoms with Crippen molar-refractivity contribution >= 4 is 34.3 Å². The van der Waals surface area contributed by atoms with E-state index in [1.807, 2.05) is 30.3 Å². The summed E-state index contributed by atoms with van der Waals surface area (Å²) in [5, 5.41) is 11.4. The van der Waals surface area contributed by atoms with Crippen molar-refractivity contribution in [2.45, 2.75) is 6.92 Å². The van der Waals surface area contributed by atoms with Gasteiger partial charge in [0.15, 0.2) is 0 Å². The van der Waals surface area contributed by atoms with Gasteiger partial charge >= 0.3 is 0 Å². The second kappa shape index (κ2) is 5.65. The van der Waals surface area contributed by atoms with Gasteiger partial charge in [-0.2, -0.15) is 10.2 Å². The largest absolute Gasteiger partial charge is 0.151 e. The molecule has 2 nitrogen and oxygen atoms in total. The number of hydrogen-bond acceptors (Lipinski definition) is 2. The predicted octanol–water partition coefficient (Wildman–Crippen LogP) is 6.60. The molecule has 0 atom stereocenters. The van der Waals surface area contributed by atoms with Gasteiger partial charge in [-0.3, -0.25) is 0 Å². The lowest BCUT2D eigenvalue weighted by Crippen LogP contribution is -1.87. The Morgan fingerprint density at radius 2 is 1.52 bits per heavy atom. The molecule has 1 aliphatic rings. The van der Waals surface area contributed by atoms with Crippen molar-refractivity contribution in [2.75, 3.05) is 0 Å². The van der Waals surface area contributed by atoms with Crippen LogP contribution in [-0.4, -0.2) is 0 Å². The van der Waals surface area contributed by atoms with Crippen LogP contribution in [0.5, 0.6) is 0 Å². The smallest absolute Gasteiger partial charge is 0.0898 e. The molecule has 0 unspecified atom stereocenters. The molecule has 3 aromatic carbocycles. The summed E-state index contributed by atoms with van der Waals surface area (Å²) in [6.45, 7) is 2.11. The highest BCUT2D eigenvalue weighted by Gasteiger charge is 2.11. The molecule has 4 rings (SSSR count). The summed E-state index contributed by atoms with van der Waals surface area (Å²) >= 11 is 0. The molecule has 0 spiro atoms. The van der Waals surface area contributed by atoms with E-state index in [2.05, 4.69) is 65.7 Å². The van der Waals surface area contributed by atoms with Crippen LogP contribution in [0.4, 0.5) is 11.4 Å². The van der Waals surface area contributed by atoms with Crippen LogP contribution in [0.2, 0.25) is 0 Å². The standard InChI is InChI=1S/C21H16N2/c1-15-19-13-7-10-16-8-5-6-9-17(21(16)19)14-20(15)23-22-18-11-3-2-4-12-18/h2-14H,1H3. The minimum absolute atomic E-state index is 0.865. The van der Waals surface area contributed by atoms with Gasteiger partial charge in [-0.1, -0.05) is 60.7 Å². The summed E-state index contributed by atoms with van der Waals surface area (Å²) < 4.78 is 0. The highest BCUT2D eigenvalue weighted by molar-refractivity contribution is 6.02. The molecule has 0 amide bonds. The fourth-order valence-corrected chi connectivity index (χ4v) is 2.97. The maximum atomic E-state index is 4.49. The monoisotopic (exact) mass is 296 g/mol. The lowest BCUT2D eigenvalue weighted by molar-refractivity contribution is 1.22. The van der Waals surface area contributed by atoms with Gasteiger partial charge in [-0.15, -0.1) is 0 Å². The molecule has 0 heterocycles. The third-order valence-corrected chi connectivity index (χ3v) is 4.16. The Balaban J connectivity index is 1.90. The summed E-state index contributed by atoms with van der Waals surface area (Å²) in [7, 11) is 0. The number of hydrogen-bond donors (Lipinski definition) is 0. The molecule has 0 aromatic heterocycles. The van der Waals surface area contributed by atoms with Gasteiger partial charge in [0, 0.05) is 0 Å². The second-order valence-electron chi connectivity index (χ2n) is 5.63. The number of rotatable bonds is 2. The van der Waals surface area contributed by atoms with Gasteiger partial charge in [0.05, 0.1) is 11.4 Å². The average Bonchev–Trinajstić information content (AvgIpc) is 2.81. The van der Waals surface area contributed by atoms with Crippen LogP contribution < -0.4 is 0 Å². The quantitative estimate of drug-likeness (QED) is 0.476. The number of azo groups is 1. The number of allylic oxidation sites excluding steroid dienone is 2. The average molecular weight is 296 g/mol. The minimum Gasteiger partial charge on any atom is -0.151 e. The van der Waals surface area contributed by atoms with E-state index < -0.39 is 0 Å². The summed E-state index contributed by atoms with van der Waals surface area (Å²) in [5.41, 5.74) is 5.38. The van der Waals surface area contributed by atoms with E-state index in [1.54, 1.807) is 0 Å². The SMILES string of the molecule is Cc1c(N=Nc2ccccc2)cc2c3c(cccc13)C=CC=C2. The number of nitrogens with zero attached hydrogens (tertiary/aromatic N) is 2.